The first-order valence-corrected chi connectivity index (χ1v) is 25.9. The Morgan fingerprint density at radius 3 is 1.28 bits per heavy atom. The van der Waals surface area contributed by atoms with Crippen molar-refractivity contribution in [1.29, 1.82) is 0 Å². The van der Waals surface area contributed by atoms with E-state index in [0.717, 1.165) is 64.2 Å². The molecule has 0 aromatic rings. The molecule has 0 rings (SSSR count). The summed E-state index contributed by atoms with van der Waals surface area (Å²) in [5.74, 6) is -0.534. The van der Waals surface area contributed by atoms with Crippen LogP contribution in [-0.2, 0) is 14.3 Å². The van der Waals surface area contributed by atoms with Gasteiger partial charge >= 0.3 is 5.97 Å². The number of carbonyl (C=O) groups is 2. The summed E-state index contributed by atoms with van der Waals surface area (Å²) in [6.45, 7) is 6.44. The zero-order chi connectivity index (χ0) is 43.8. The predicted molar refractivity (Wildman–Crippen MR) is 259 cm³/mol. The standard InChI is InChI=1S/C54H99NO5/c1-4-7-10-13-16-19-22-24-25-26-27-29-32-35-38-41-44-47-54(59)60-50(45-42-39-36-33-30-21-18-15-12-9-6-3)48-53(58)55-51(49-56)52(57)46-43-40-37-34-31-28-23-20-17-14-11-8-5-2/h16,19,24-25,27,29,35,38,50-52,56-57H,4-15,17-18,20-23,26,28,30-34,36-37,39-49H2,1-3H3,(H,55,58)/b19-16-,25-24-,29-27-,38-35-. The van der Waals surface area contributed by atoms with Crippen molar-refractivity contribution in [3.8, 4) is 0 Å². The lowest BCUT2D eigenvalue weighted by atomic mass is 10.0. The van der Waals surface area contributed by atoms with Gasteiger partial charge in [-0.2, -0.15) is 0 Å². The van der Waals surface area contributed by atoms with E-state index in [0.29, 0.717) is 25.7 Å². The van der Waals surface area contributed by atoms with Gasteiger partial charge in [-0.25, -0.2) is 0 Å². The zero-order valence-corrected chi connectivity index (χ0v) is 39.8. The maximum Gasteiger partial charge on any atom is 0.306 e. The minimum atomic E-state index is -0.794. The average molecular weight is 842 g/mol. The number of hydrogen-bond acceptors (Lipinski definition) is 5. The summed E-state index contributed by atoms with van der Waals surface area (Å²) in [7, 11) is 0. The van der Waals surface area contributed by atoms with Crippen molar-refractivity contribution in [3.63, 3.8) is 0 Å². The lowest BCUT2D eigenvalue weighted by molar-refractivity contribution is -0.151. The van der Waals surface area contributed by atoms with Crippen LogP contribution in [0.2, 0.25) is 0 Å². The van der Waals surface area contributed by atoms with E-state index in [4.69, 9.17) is 4.74 Å². The van der Waals surface area contributed by atoms with Crippen LogP contribution in [0.5, 0.6) is 0 Å². The second-order valence-electron chi connectivity index (χ2n) is 17.6. The number of aliphatic hydroxyl groups excluding tert-OH is 2. The number of nitrogens with one attached hydrogen (secondary N) is 1. The second-order valence-corrected chi connectivity index (χ2v) is 17.6. The monoisotopic (exact) mass is 842 g/mol. The summed E-state index contributed by atoms with van der Waals surface area (Å²) in [5, 5.41) is 23.7. The van der Waals surface area contributed by atoms with Crippen LogP contribution in [0.4, 0.5) is 0 Å². The van der Waals surface area contributed by atoms with Crippen LogP contribution in [0.25, 0.3) is 0 Å². The highest BCUT2D eigenvalue weighted by Crippen LogP contribution is 2.18. The van der Waals surface area contributed by atoms with Gasteiger partial charge in [0.1, 0.15) is 6.10 Å². The quantitative estimate of drug-likeness (QED) is 0.0322. The largest absolute Gasteiger partial charge is 0.462 e. The van der Waals surface area contributed by atoms with E-state index >= 15 is 0 Å². The smallest absolute Gasteiger partial charge is 0.306 e. The first-order chi connectivity index (χ1) is 29.5. The minimum absolute atomic E-state index is 0.0582. The zero-order valence-electron chi connectivity index (χ0n) is 39.8. The molecule has 3 atom stereocenters. The van der Waals surface area contributed by atoms with Crippen LogP contribution >= 0.6 is 0 Å². The van der Waals surface area contributed by atoms with Crippen molar-refractivity contribution in [2.24, 2.45) is 0 Å². The topological polar surface area (TPSA) is 95.9 Å². The van der Waals surface area contributed by atoms with Gasteiger partial charge in [0, 0.05) is 6.42 Å². The first kappa shape index (κ1) is 57.8. The maximum absolute atomic E-state index is 13.2. The van der Waals surface area contributed by atoms with Crippen molar-refractivity contribution in [2.45, 2.75) is 277 Å². The number of hydrogen-bond donors (Lipinski definition) is 3. The summed E-state index contributed by atoms with van der Waals surface area (Å²) in [6.07, 6.45) is 57.4. The van der Waals surface area contributed by atoms with Gasteiger partial charge in [-0.3, -0.25) is 9.59 Å². The number of aliphatic hydroxyl groups is 2. The fraction of sp³-hybridized carbons (Fsp3) is 0.815. The lowest BCUT2D eigenvalue weighted by Crippen LogP contribution is -2.46. The summed E-state index contributed by atoms with van der Waals surface area (Å²) in [5.41, 5.74) is 0. The summed E-state index contributed by atoms with van der Waals surface area (Å²) in [6, 6.07) is -0.710. The number of esters is 1. The number of rotatable bonds is 46. The Hall–Kier alpha value is -2.18. The van der Waals surface area contributed by atoms with Crippen LogP contribution in [0.1, 0.15) is 258 Å². The van der Waals surface area contributed by atoms with Crippen LogP contribution in [0.3, 0.4) is 0 Å². The van der Waals surface area contributed by atoms with Gasteiger partial charge in [-0.1, -0.05) is 230 Å². The van der Waals surface area contributed by atoms with Gasteiger partial charge in [-0.05, 0) is 64.2 Å². The van der Waals surface area contributed by atoms with E-state index in [1.165, 1.54) is 141 Å². The molecule has 0 fully saturated rings. The Kier molecular flexibility index (Phi) is 46.1. The maximum atomic E-state index is 13.2. The molecular formula is C54H99NO5. The van der Waals surface area contributed by atoms with E-state index in [1.54, 1.807) is 0 Å². The molecule has 6 heteroatoms. The molecule has 350 valence electrons. The van der Waals surface area contributed by atoms with Gasteiger partial charge in [0.15, 0.2) is 0 Å². The Morgan fingerprint density at radius 1 is 0.483 bits per heavy atom. The molecule has 0 radical (unpaired) electrons. The molecule has 0 spiro atoms. The molecule has 60 heavy (non-hydrogen) atoms. The molecule has 0 bridgehead atoms. The highest BCUT2D eigenvalue weighted by Gasteiger charge is 2.24. The van der Waals surface area contributed by atoms with Gasteiger partial charge in [0.2, 0.25) is 5.91 Å². The van der Waals surface area contributed by atoms with Gasteiger partial charge < -0.3 is 20.3 Å². The number of unbranched alkanes of at least 4 members (excludes halogenated alkanes) is 26. The Labute approximate surface area is 372 Å². The van der Waals surface area contributed by atoms with Gasteiger partial charge in [0.05, 0.1) is 25.2 Å². The third-order valence-electron chi connectivity index (χ3n) is 11.7. The molecule has 0 saturated carbocycles. The number of amides is 1. The molecule has 0 heterocycles. The minimum Gasteiger partial charge on any atom is -0.462 e. The molecular weight excluding hydrogens is 743 g/mol. The van der Waals surface area contributed by atoms with E-state index < -0.39 is 18.2 Å². The molecule has 0 saturated heterocycles. The Morgan fingerprint density at radius 2 is 0.850 bits per heavy atom. The normalized spacial score (nSPS) is 13.6. The average Bonchev–Trinajstić information content (AvgIpc) is 3.24. The predicted octanol–water partition coefficient (Wildman–Crippen LogP) is 15.5. The van der Waals surface area contributed by atoms with E-state index in [9.17, 15) is 19.8 Å². The molecule has 3 N–H and O–H groups in total. The third kappa shape index (κ3) is 42.5. The highest BCUT2D eigenvalue weighted by atomic mass is 16.5. The molecule has 0 aliphatic carbocycles. The van der Waals surface area contributed by atoms with Crippen molar-refractivity contribution in [3.05, 3.63) is 48.6 Å². The summed E-state index contributed by atoms with van der Waals surface area (Å²) >= 11 is 0. The van der Waals surface area contributed by atoms with Crippen molar-refractivity contribution < 1.29 is 24.5 Å². The van der Waals surface area contributed by atoms with Crippen LogP contribution < -0.4 is 5.32 Å². The van der Waals surface area contributed by atoms with Crippen molar-refractivity contribution >= 4 is 11.9 Å². The van der Waals surface area contributed by atoms with Gasteiger partial charge in [-0.15, -0.1) is 0 Å². The van der Waals surface area contributed by atoms with E-state index in [2.05, 4.69) is 74.7 Å². The number of allylic oxidation sites excluding steroid dienone is 8. The number of ether oxygens (including phenoxy) is 1. The highest BCUT2D eigenvalue weighted by molar-refractivity contribution is 5.77. The van der Waals surface area contributed by atoms with Gasteiger partial charge in [0.25, 0.3) is 0 Å². The summed E-state index contributed by atoms with van der Waals surface area (Å²) < 4.78 is 5.90. The van der Waals surface area contributed by atoms with E-state index in [1.807, 2.05) is 0 Å². The van der Waals surface area contributed by atoms with Crippen LogP contribution in [-0.4, -0.2) is 46.9 Å². The van der Waals surface area contributed by atoms with Crippen LogP contribution in [0, 0.1) is 0 Å². The third-order valence-corrected chi connectivity index (χ3v) is 11.7. The molecule has 0 aromatic heterocycles. The van der Waals surface area contributed by atoms with Crippen molar-refractivity contribution in [2.75, 3.05) is 6.61 Å². The van der Waals surface area contributed by atoms with E-state index in [-0.39, 0.29) is 24.9 Å². The number of carbonyl (C=O) groups excluding carboxylic acids is 2. The fourth-order valence-corrected chi connectivity index (χ4v) is 7.72. The molecule has 0 aliphatic heterocycles. The fourth-order valence-electron chi connectivity index (χ4n) is 7.72. The van der Waals surface area contributed by atoms with Crippen LogP contribution in [0.15, 0.2) is 48.6 Å². The molecule has 3 unspecified atom stereocenters. The molecule has 1 amide bonds. The Balaban J connectivity index is 4.61. The molecule has 0 aliphatic rings. The summed E-state index contributed by atoms with van der Waals surface area (Å²) in [4.78, 5) is 26.1. The SMILES string of the molecule is CCCCC/C=C\C/C=C\C/C=C\C/C=C\CCCC(=O)OC(CCCCCCCCCCCCC)CC(=O)NC(CO)C(O)CCCCCCCCCCCCCCC. The molecule has 0 aromatic carbocycles. The van der Waals surface area contributed by atoms with Crippen molar-refractivity contribution in [1.82, 2.24) is 5.32 Å². The lowest BCUT2D eigenvalue weighted by Gasteiger charge is -2.24. The Bertz CT molecular complexity index is 1040. The first-order valence-electron chi connectivity index (χ1n) is 25.9. The molecule has 6 nitrogen and oxygen atoms in total. The second kappa shape index (κ2) is 47.9.